The van der Waals surface area contributed by atoms with Crippen molar-refractivity contribution in [2.45, 2.75) is 18.9 Å². The van der Waals surface area contributed by atoms with Crippen LogP contribution in [0.15, 0.2) is 59.4 Å². The fourth-order valence-corrected chi connectivity index (χ4v) is 3.61. The predicted molar refractivity (Wildman–Crippen MR) is 107 cm³/mol. The first kappa shape index (κ1) is 18.9. The number of ether oxygens (including phenoxy) is 1. The summed E-state index contributed by atoms with van der Waals surface area (Å²) in [6.45, 7) is 1.31. The highest BCUT2D eigenvalue weighted by molar-refractivity contribution is 6.03. The summed E-state index contributed by atoms with van der Waals surface area (Å²) in [6.07, 6.45) is 0.821. The van der Waals surface area contributed by atoms with E-state index in [0.29, 0.717) is 29.4 Å². The van der Waals surface area contributed by atoms with Crippen LogP contribution < -0.4 is 5.56 Å². The molecule has 1 amide bonds. The number of benzene rings is 2. The third-order valence-electron chi connectivity index (χ3n) is 5.12. The monoisotopic (exact) mass is 391 g/mol. The van der Waals surface area contributed by atoms with E-state index in [1.54, 1.807) is 53.4 Å². The van der Waals surface area contributed by atoms with Gasteiger partial charge >= 0.3 is 5.97 Å². The van der Waals surface area contributed by atoms with Gasteiger partial charge in [-0.15, -0.1) is 0 Å². The number of likely N-dealkylation sites (tertiary alicyclic amines) is 1. The van der Waals surface area contributed by atoms with Crippen molar-refractivity contribution >= 4 is 22.6 Å². The van der Waals surface area contributed by atoms with E-state index in [9.17, 15) is 14.4 Å². The molecule has 0 saturated carbocycles. The number of esters is 1. The topological polar surface area (TPSA) is 81.5 Å². The van der Waals surface area contributed by atoms with Gasteiger partial charge in [-0.3, -0.25) is 9.59 Å². The van der Waals surface area contributed by atoms with Crippen LogP contribution in [0.4, 0.5) is 0 Å². The smallest absolute Gasteiger partial charge is 0.360 e. The first-order chi connectivity index (χ1) is 14.1. The molecule has 1 aliphatic heterocycles. The normalized spacial score (nSPS) is 14.7. The van der Waals surface area contributed by atoms with Gasteiger partial charge in [0.05, 0.1) is 5.39 Å². The van der Waals surface area contributed by atoms with Gasteiger partial charge in [0.2, 0.25) is 6.10 Å². The second-order valence-corrected chi connectivity index (χ2v) is 7.05. The Kier molecular flexibility index (Phi) is 5.12. The van der Waals surface area contributed by atoms with Gasteiger partial charge in [-0.2, -0.15) is 5.10 Å². The fourth-order valence-electron chi connectivity index (χ4n) is 3.61. The van der Waals surface area contributed by atoms with Crippen LogP contribution in [0.1, 0.15) is 35.0 Å². The number of carbonyl (C=O) groups excluding carboxylic acids is 2. The van der Waals surface area contributed by atoms with E-state index in [1.807, 2.05) is 6.07 Å². The van der Waals surface area contributed by atoms with Gasteiger partial charge in [0.25, 0.3) is 11.5 Å². The van der Waals surface area contributed by atoms with Crippen molar-refractivity contribution in [3.05, 3.63) is 76.2 Å². The Bertz CT molecular complexity index is 1120. The lowest BCUT2D eigenvalue weighted by molar-refractivity contribution is -0.140. The first-order valence-corrected chi connectivity index (χ1v) is 9.57. The third-order valence-corrected chi connectivity index (χ3v) is 5.12. The number of rotatable bonds is 4. The number of hydrogen-bond donors (Lipinski definition) is 0. The summed E-state index contributed by atoms with van der Waals surface area (Å²) in [7, 11) is 1.48. The molecule has 7 nitrogen and oxygen atoms in total. The maximum Gasteiger partial charge on any atom is 0.360 e. The van der Waals surface area contributed by atoms with Crippen molar-refractivity contribution in [3.63, 3.8) is 0 Å². The van der Waals surface area contributed by atoms with Crippen LogP contribution in [-0.4, -0.2) is 39.6 Å². The van der Waals surface area contributed by atoms with Crippen molar-refractivity contribution in [3.8, 4) is 0 Å². The van der Waals surface area contributed by atoms with Crippen LogP contribution >= 0.6 is 0 Å². The lowest BCUT2D eigenvalue weighted by Crippen LogP contribution is -2.35. The molecule has 0 aliphatic carbocycles. The Balaban J connectivity index is 1.72. The molecule has 0 radical (unpaired) electrons. The van der Waals surface area contributed by atoms with Gasteiger partial charge in [0.1, 0.15) is 0 Å². The van der Waals surface area contributed by atoms with Gasteiger partial charge < -0.3 is 9.64 Å². The van der Waals surface area contributed by atoms with E-state index in [4.69, 9.17) is 4.74 Å². The summed E-state index contributed by atoms with van der Waals surface area (Å²) in [5, 5.41) is 4.89. The van der Waals surface area contributed by atoms with Gasteiger partial charge in [-0.05, 0) is 18.9 Å². The van der Waals surface area contributed by atoms with Crippen molar-refractivity contribution in [2.75, 3.05) is 13.1 Å². The second-order valence-electron chi connectivity index (χ2n) is 7.05. The van der Waals surface area contributed by atoms with E-state index in [1.165, 1.54) is 7.05 Å². The highest BCUT2D eigenvalue weighted by Crippen LogP contribution is 2.25. The van der Waals surface area contributed by atoms with Gasteiger partial charge in [-0.1, -0.05) is 48.5 Å². The molecule has 4 rings (SSSR count). The number of carbonyl (C=O) groups is 2. The van der Waals surface area contributed by atoms with E-state index in [2.05, 4.69) is 5.10 Å². The molecule has 0 N–H and O–H groups in total. The van der Waals surface area contributed by atoms with E-state index in [0.717, 1.165) is 17.5 Å². The second kappa shape index (κ2) is 7.87. The van der Waals surface area contributed by atoms with E-state index in [-0.39, 0.29) is 17.2 Å². The summed E-state index contributed by atoms with van der Waals surface area (Å²) in [6, 6.07) is 15.7. The summed E-state index contributed by atoms with van der Waals surface area (Å²) in [5.74, 6) is -0.977. The highest BCUT2D eigenvalue weighted by atomic mass is 16.5. The molecular formula is C22H21N3O4. The summed E-state index contributed by atoms with van der Waals surface area (Å²) in [5.41, 5.74) is 0.314. The minimum absolute atomic E-state index is 0.0119. The molecule has 2 aromatic carbocycles. The zero-order valence-corrected chi connectivity index (χ0v) is 16.1. The Morgan fingerprint density at radius 1 is 0.966 bits per heavy atom. The highest BCUT2D eigenvalue weighted by Gasteiger charge is 2.32. The van der Waals surface area contributed by atoms with Crippen molar-refractivity contribution in [1.29, 1.82) is 0 Å². The minimum Gasteiger partial charge on any atom is -0.442 e. The molecule has 2 heterocycles. The molecule has 1 aliphatic rings. The Labute approximate surface area is 167 Å². The standard InChI is InChI=1S/C22H21N3O4/c1-24-20(26)17-12-6-5-11-16(17)18(23-24)22(28)29-19(15-9-3-2-4-10-15)21(27)25-13-7-8-14-25/h2-6,9-12,19H,7-8,13-14H2,1H3/t19-/m0/s1. The molecule has 1 saturated heterocycles. The zero-order chi connectivity index (χ0) is 20.4. The van der Waals surface area contributed by atoms with Crippen LogP contribution in [-0.2, 0) is 16.6 Å². The summed E-state index contributed by atoms with van der Waals surface area (Å²) < 4.78 is 6.80. The van der Waals surface area contributed by atoms with Gasteiger partial charge in [-0.25, -0.2) is 9.48 Å². The first-order valence-electron chi connectivity index (χ1n) is 9.57. The Hall–Kier alpha value is -3.48. The average molecular weight is 391 g/mol. The average Bonchev–Trinajstić information content (AvgIpc) is 3.29. The van der Waals surface area contributed by atoms with Crippen LogP contribution in [0.25, 0.3) is 10.8 Å². The van der Waals surface area contributed by atoms with E-state index >= 15 is 0 Å². The summed E-state index contributed by atoms with van der Waals surface area (Å²) in [4.78, 5) is 40.2. The lowest BCUT2D eigenvalue weighted by atomic mass is 10.1. The molecule has 7 heteroatoms. The Morgan fingerprint density at radius 3 is 2.28 bits per heavy atom. The molecule has 0 bridgehead atoms. The van der Waals surface area contributed by atoms with Crippen LogP contribution in [0, 0.1) is 0 Å². The van der Waals surface area contributed by atoms with Gasteiger partial charge in [0.15, 0.2) is 5.69 Å². The van der Waals surface area contributed by atoms with Gasteiger partial charge in [0, 0.05) is 31.1 Å². The molecule has 1 atom stereocenters. The number of fused-ring (bicyclic) bond motifs is 1. The largest absolute Gasteiger partial charge is 0.442 e. The van der Waals surface area contributed by atoms with Crippen molar-refractivity contribution in [1.82, 2.24) is 14.7 Å². The number of aromatic nitrogens is 2. The maximum atomic E-state index is 13.1. The fraction of sp³-hybridized carbons (Fsp3) is 0.273. The van der Waals surface area contributed by atoms with E-state index < -0.39 is 12.1 Å². The lowest BCUT2D eigenvalue weighted by Gasteiger charge is -2.23. The molecule has 29 heavy (non-hydrogen) atoms. The van der Waals surface area contributed by atoms with Crippen molar-refractivity contribution in [2.24, 2.45) is 7.05 Å². The Morgan fingerprint density at radius 2 is 1.59 bits per heavy atom. The molecule has 1 fully saturated rings. The maximum absolute atomic E-state index is 13.1. The van der Waals surface area contributed by atoms with Crippen LogP contribution in [0.5, 0.6) is 0 Å². The number of aryl methyl sites for hydroxylation is 1. The quantitative estimate of drug-likeness (QED) is 0.638. The SMILES string of the molecule is Cn1nc(C(=O)O[C@H](C(=O)N2CCCC2)c2ccccc2)c2ccccc2c1=O. The molecule has 0 unspecified atom stereocenters. The number of amides is 1. The molecule has 0 spiro atoms. The zero-order valence-electron chi connectivity index (χ0n) is 16.1. The number of hydrogen-bond acceptors (Lipinski definition) is 5. The summed E-state index contributed by atoms with van der Waals surface area (Å²) >= 11 is 0. The van der Waals surface area contributed by atoms with Crippen LogP contribution in [0.3, 0.4) is 0 Å². The minimum atomic E-state index is -1.06. The molecule has 1 aromatic heterocycles. The molecule has 3 aromatic rings. The predicted octanol–water partition coefficient (Wildman–Crippen LogP) is 2.45. The molecule has 148 valence electrons. The molecular weight excluding hydrogens is 370 g/mol. The van der Waals surface area contributed by atoms with Crippen molar-refractivity contribution < 1.29 is 14.3 Å². The third kappa shape index (κ3) is 3.63. The number of nitrogens with zero attached hydrogens (tertiary/aromatic N) is 3. The van der Waals surface area contributed by atoms with Crippen LogP contribution in [0.2, 0.25) is 0 Å².